The fourth-order valence-electron chi connectivity index (χ4n) is 3.13. The summed E-state index contributed by atoms with van der Waals surface area (Å²) in [4.78, 5) is 9.77. The van der Waals surface area contributed by atoms with Gasteiger partial charge in [0.25, 0.3) is 0 Å². The van der Waals surface area contributed by atoms with Crippen LogP contribution in [0.2, 0.25) is 19.6 Å². The maximum atomic E-state index is 5.10. The number of nitrogens with zero attached hydrogens (tertiary/aromatic N) is 3. The van der Waals surface area contributed by atoms with Crippen molar-refractivity contribution in [2.45, 2.75) is 30.9 Å². The molecule has 0 radical (unpaired) electrons. The lowest BCUT2D eigenvalue weighted by molar-refractivity contribution is 0.724. The number of imidazole rings is 1. The Bertz CT molecular complexity index is 913. The van der Waals surface area contributed by atoms with Gasteiger partial charge < -0.3 is 4.23 Å². The molecule has 3 aromatic rings. The van der Waals surface area contributed by atoms with E-state index in [0.717, 1.165) is 10.7 Å². The standard InChI is InChI=1S/C21H23N3SSi/c1-26(2,3)24-14-18(22-15-24)21-23-19(16-10-6-4-7-11-16)20(25-21)17-12-8-5-9-13-17/h4-15,19-20H,1-3H3. The summed E-state index contributed by atoms with van der Waals surface area (Å²) in [6.45, 7) is 6.96. The third-order valence-corrected chi connectivity index (χ3v) is 7.74. The maximum Gasteiger partial charge on any atom is 0.154 e. The Hall–Kier alpha value is -2.11. The van der Waals surface area contributed by atoms with Crippen LogP contribution in [0.5, 0.6) is 0 Å². The highest BCUT2D eigenvalue weighted by Crippen LogP contribution is 2.49. The van der Waals surface area contributed by atoms with E-state index in [9.17, 15) is 0 Å². The lowest BCUT2D eigenvalue weighted by Crippen LogP contribution is -2.30. The van der Waals surface area contributed by atoms with Crippen LogP contribution in [0.15, 0.2) is 78.2 Å². The zero-order valence-electron chi connectivity index (χ0n) is 15.3. The summed E-state index contributed by atoms with van der Waals surface area (Å²) >= 11 is 1.83. The fraction of sp³-hybridized carbons (Fsp3) is 0.238. The minimum atomic E-state index is -1.44. The molecule has 1 aliphatic heterocycles. The molecule has 0 saturated heterocycles. The number of benzene rings is 2. The Morgan fingerprint density at radius 2 is 1.50 bits per heavy atom. The first-order valence-electron chi connectivity index (χ1n) is 8.91. The molecular weight excluding hydrogens is 354 g/mol. The molecule has 5 heteroatoms. The van der Waals surface area contributed by atoms with Crippen LogP contribution < -0.4 is 0 Å². The monoisotopic (exact) mass is 377 g/mol. The Kier molecular flexibility index (Phi) is 4.59. The Morgan fingerprint density at radius 3 is 2.08 bits per heavy atom. The Morgan fingerprint density at radius 1 is 0.885 bits per heavy atom. The molecule has 4 rings (SSSR count). The van der Waals surface area contributed by atoms with E-state index in [0.29, 0.717) is 0 Å². The zero-order chi connectivity index (χ0) is 18.1. The molecule has 2 atom stereocenters. The highest BCUT2D eigenvalue weighted by Gasteiger charge is 2.34. The topological polar surface area (TPSA) is 30.2 Å². The quantitative estimate of drug-likeness (QED) is 0.559. The molecule has 2 heterocycles. The van der Waals surface area contributed by atoms with E-state index in [2.05, 4.69) is 95.7 Å². The number of rotatable bonds is 4. The van der Waals surface area contributed by atoms with E-state index in [4.69, 9.17) is 4.99 Å². The lowest BCUT2D eigenvalue weighted by Gasteiger charge is -2.17. The summed E-state index contributed by atoms with van der Waals surface area (Å²) in [5.41, 5.74) is 3.57. The molecular formula is C21H23N3SSi. The van der Waals surface area contributed by atoms with Crippen molar-refractivity contribution in [1.82, 2.24) is 9.22 Å². The third kappa shape index (κ3) is 3.41. The van der Waals surface area contributed by atoms with Crippen molar-refractivity contribution in [2.24, 2.45) is 4.99 Å². The average Bonchev–Trinajstić information content (AvgIpc) is 3.30. The van der Waals surface area contributed by atoms with Gasteiger partial charge in [-0.2, -0.15) is 0 Å². The van der Waals surface area contributed by atoms with Gasteiger partial charge in [-0.25, -0.2) is 4.98 Å². The molecule has 0 N–H and O–H groups in total. The minimum Gasteiger partial charge on any atom is -0.365 e. The van der Waals surface area contributed by atoms with Crippen molar-refractivity contribution in [2.75, 3.05) is 0 Å². The molecule has 2 unspecified atom stereocenters. The highest BCUT2D eigenvalue weighted by molar-refractivity contribution is 8.14. The van der Waals surface area contributed by atoms with Crippen molar-refractivity contribution in [1.29, 1.82) is 0 Å². The van der Waals surface area contributed by atoms with Crippen LogP contribution in [-0.4, -0.2) is 22.5 Å². The maximum absolute atomic E-state index is 5.10. The van der Waals surface area contributed by atoms with Crippen LogP contribution in [0.3, 0.4) is 0 Å². The van der Waals surface area contributed by atoms with Gasteiger partial charge >= 0.3 is 0 Å². The fourth-order valence-corrected chi connectivity index (χ4v) is 5.32. The number of hydrogen-bond acceptors (Lipinski definition) is 3. The van der Waals surface area contributed by atoms with Crippen LogP contribution in [0.25, 0.3) is 0 Å². The normalized spacial score (nSPS) is 20.2. The molecule has 0 spiro atoms. The van der Waals surface area contributed by atoms with Gasteiger partial charge in [0.1, 0.15) is 10.7 Å². The molecule has 1 aromatic heterocycles. The molecule has 0 aliphatic carbocycles. The summed E-state index contributed by atoms with van der Waals surface area (Å²) in [7, 11) is -1.44. The van der Waals surface area contributed by atoms with Gasteiger partial charge in [0.15, 0.2) is 8.24 Å². The van der Waals surface area contributed by atoms with Gasteiger partial charge in [-0.3, -0.25) is 4.99 Å². The zero-order valence-corrected chi connectivity index (χ0v) is 17.1. The number of thioether (sulfide) groups is 1. The van der Waals surface area contributed by atoms with Crippen molar-refractivity contribution in [3.8, 4) is 0 Å². The summed E-state index contributed by atoms with van der Waals surface area (Å²) < 4.78 is 2.29. The average molecular weight is 378 g/mol. The Labute approximate surface area is 160 Å². The van der Waals surface area contributed by atoms with Crippen molar-refractivity contribution < 1.29 is 0 Å². The number of aromatic nitrogens is 2. The molecule has 1 aliphatic rings. The van der Waals surface area contributed by atoms with Crippen LogP contribution in [0.1, 0.15) is 28.1 Å². The second-order valence-electron chi connectivity index (χ2n) is 7.58. The summed E-state index contributed by atoms with van der Waals surface area (Å²) in [5.74, 6) is 0. The van der Waals surface area contributed by atoms with Crippen molar-refractivity contribution in [3.05, 3.63) is 90.0 Å². The largest absolute Gasteiger partial charge is 0.365 e. The molecule has 0 bridgehead atoms. The molecule has 26 heavy (non-hydrogen) atoms. The van der Waals surface area contributed by atoms with E-state index in [-0.39, 0.29) is 11.3 Å². The summed E-state index contributed by atoms with van der Waals surface area (Å²) in [6, 6.07) is 21.4. The van der Waals surface area contributed by atoms with Crippen LogP contribution in [0, 0.1) is 0 Å². The number of hydrogen-bond donors (Lipinski definition) is 0. The summed E-state index contributed by atoms with van der Waals surface area (Å²) in [5, 5.41) is 1.33. The SMILES string of the molecule is C[Si](C)(C)n1cnc(C2=NC(c3ccccc3)C(c3ccccc3)S2)c1. The van der Waals surface area contributed by atoms with Crippen LogP contribution >= 0.6 is 11.8 Å². The van der Waals surface area contributed by atoms with E-state index < -0.39 is 8.24 Å². The molecule has 3 nitrogen and oxygen atoms in total. The van der Waals surface area contributed by atoms with Crippen molar-refractivity contribution in [3.63, 3.8) is 0 Å². The number of aliphatic imine (C=N–C) groups is 1. The predicted molar refractivity (Wildman–Crippen MR) is 113 cm³/mol. The third-order valence-electron chi connectivity index (χ3n) is 4.63. The summed E-state index contributed by atoms with van der Waals surface area (Å²) in [6.07, 6.45) is 4.14. The van der Waals surface area contributed by atoms with Gasteiger partial charge in [0.05, 0.1) is 17.6 Å². The van der Waals surface area contributed by atoms with Crippen molar-refractivity contribution >= 4 is 25.0 Å². The molecule has 0 saturated carbocycles. The van der Waals surface area contributed by atoms with Gasteiger partial charge in [-0.1, -0.05) is 92.1 Å². The van der Waals surface area contributed by atoms with E-state index in [1.54, 1.807) is 0 Å². The second-order valence-corrected chi connectivity index (χ2v) is 13.6. The van der Waals surface area contributed by atoms with Gasteiger partial charge in [-0.15, -0.1) is 0 Å². The molecule has 0 fully saturated rings. The predicted octanol–water partition coefficient (Wildman–Crippen LogP) is 5.54. The minimum absolute atomic E-state index is 0.121. The highest BCUT2D eigenvalue weighted by atomic mass is 32.2. The van der Waals surface area contributed by atoms with Gasteiger partial charge in [-0.05, 0) is 11.1 Å². The van der Waals surface area contributed by atoms with Crippen LogP contribution in [0.4, 0.5) is 0 Å². The lowest BCUT2D eigenvalue weighted by atomic mass is 9.99. The Balaban J connectivity index is 1.72. The van der Waals surface area contributed by atoms with E-state index in [1.165, 1.54) is 11.1 Å². The first-order chi connectivity index (χ1) is 12.5. The van der Waals surface area contributed by atoms with Gasteiger partial charge in [0, 0.05) is 6.20 Å². The first kappa shape index (κ1) is 17.3. The smallest absolute Gasteiger partial charge is 0.154 e. The molecule has 0 amide bonds. The van der Waals surface area contributed by atoms with E-state index in [1.807, 2.05) is 18.1 Å². The van der Waals surface area contributed by atoms with Gasteiger partial charge in [0.2, 0.25) is 0 Å². The molecule has 132 valence electrons. The molecule has 2 aromatic carbocycles. The first-order valence-corrected chi connectivity index (χ1v) is 13.2. The van der Waals surface area contributed by atoms with Crippen LogP contribution in [-0.2, 0) is 0 Å². The second kappa shape index (κ2) is 6.89. The van der Waals surface area contributed by atoms with E-state index >= 15 is 0 Å².